The average molecular weight is 279 g/mol. The van der Waals surface area contributed by atoms with E-state index in [1.807, 2.05) is 13.0 Å². The van der Waals surface area contributed by atoms with Crippen LogP contribution in [-0.2, 0) is 4.79 Å². The molecule has 0 aromatic heterocycles. The van der Waals surface area contributed by atoms with Crippen molar-refractivity contribution in [3.05, 3.63) is 28.8 Å². The molecule has 0 bridgehead atoms. The van der Waals surface area contributed by atoms with Crippen molar-refractivity contribution in [3.8, 4) is 6.07 Å². The van der Waals surface area contributed by atoms with Gasteiger partial charge in [-0.15, -0.1) is 0 Å². The Hall–Kier alpha value is -1.53. The van der Waals surface area contributed by atoms with Crippen LogP contribution in [0, 0.1) is 22.7 Å². The van der Waals surface area contributed by atoms with Gasteiger partial charge in [-0.3, -0.25) is 4.79 Å². The van der Waals surface area contributed by atoms with Gasteiger partial charge in [-0.2, -0.15) is 5.26 Å². The molecule has 1 atom stereocenters. The molecule has 4 heteroatoms. The van der Waals surface area contributed by atoms with Crippen molar-refractivity contribution in [2.24, 2.45) is 11.3 Å². The molecule has 1 rings (SSSR count). The molecule has 1 aromatic carbocycles. The second kappa shape index (κ2) is 6.08. The maximum absolute atomic E-state index is 12.0. The standard InChI is InChI=1S/C15H19ClN2O/c1-10(15(2,3)4)7-14(19)18-13-8-12(16)6-5-11(13)9-17/h5-6,8,10H,7H2,1-4H3,(H,18,19). The molecule has 0 aliphatic carbocycles. The van der Waals surface area contributed by atoms with Gasteiger partial charge < -0.3 is 5.32 Å². The predicted octanol–water partition coefficient (Wildman–Crippen LogP) is 4.22. The number of rotatable bonds is 3. The minimum atomic E-state index is -0.0961. The minimum absolute atomic E-state index is 0.0731. The van der Waals surface area contributed by atoms with E-state index >= 15 is 0 Å². The Morgan fingerprint density at radius 1 is 1.47 bits per heavy atom. The number of halogens is 1. The lowest BCUT2D eigenvalue weighted by Gasteiger charge is -2.26. The summed E-state index contributed by atoms with van der Waals surface area (Å²) in [5.41, 5.74) is 0.964. The smallest absolute Gasteiger partial charge is 0.224 e. The highest BCUT2D eigenvalue weighted by molar-refractivity contribution is 6.31. The molecular formula is C15H19ClN2O. The maximum atomic E-state index is 12.0. The first-order chi connectivity index (χ1) is 8.74. The van der Waals surface area contributed by atoms with Crippen molar-refractivity contribution < 1.29 is 4.79 Å². The molecule has 0 aliphatic heterocycles. The van der Waals surface area contributed by atoms with Gasteiger partial charge in [0.2, 0.25) is 5.91 Å². The van der Waals surface area contributed by atoms with Crippen LogP contribution >= 0.6 is 11.6 Å². The number of nitrogens with zero attached hydrogens (tertiary/aromatic N) is 1. The molecule has 102 valence electrons. The normalized spacial score (nSPS) is 12.6. The number of benzene rings is 1. The molecule has 0 spiro atoms. The topological polar surface area (TPSA) is 52.9 Å². The van der Waals surface area contributed by atoms with Crippen LogP contribution in [0.5, 0.6) is 0 Å². The summed E-state index contributed by atoms with van der Waals surface area (Å²) in [4.78, 5) is 12.0. The molecule has 0 fully saturated rings. The van der Waals surface area contributed by atoms with Crippen molar-refractivity contribution >= 4 is 23.2 Å². The van der Waals surface area contributed by atoms with Gasteiger partial charge in [0, 0.05) is 11.4 Å². The molecule has 1 N–H and O–H groups in total. The number of hydrogen-bond acceptors (Lipinski definition) is 2. The van der Waals surface area contributed by atoms with Gasteiger partial charge in [0.1, 0.15) is 6.07 Å². The van der Waals surface area contributed by atoms with Crippen molar-refractivity contribution in [2.75, 3.05) is 5.32 Å². The number of nitrogens with one attached hydrogen (secondary N) is 1. The molecule has 0 radical (unpaired) electrons. The zero-order valence-electron chi connectivity index (χ0n) is 11.7. The summed E-state index contributed by atoms with van der Waals surface area (Å²) in [5.74, 6) is 0.151. The Morgan fingerprint density at radius 2 is 2.11 bits per heavy atom. The maximum Gasteiger partial charge on any atom is 0.224 e. The van der Waals surface area contributed by atoms with Gasteiger partial charge in [-0.25, -0.2) is 0 Å². The number of carbonyl (C=O) groups excluding carboxylic acids is 1. The van der Waals surface area contributed by atoms with Crippen LogP contribution in [-0.4, -0.2) is 5.91 Å². The second-order valence-electron chi connectivity index (χ2n) is 5.82. The largest absolute Gasteiger partial charge is 0.325 e. The zero-order chi connectivity index (χ0) is 14.6. The summed E-state index contributed by atoms with van der Waals surface area (Å²) < 4.78 is 0. The molecule has 0 saturated carbocycles. The van der Waals surface area contributed by atoms with Crippen LogP contribution in [0.2, 0.25) is 5.02 Å². The van der Waals surface area contributed by atoms with Gasteiger partial charge in [-0.1, -0.05) is 39.3 Å². The minimum Gasteiger partial charge on any atom is -0.325 e. The van der Waals surface area contributed by atoms with Crippen molar-refractivity contribution in [2.45, 2.75) is 34.1 Å². The molecule has 0 aliphatic rings. The SMILES string of the molecule is CC(CC(=O)Nc1cc(Cl)ccc1C#N)C(C)(C)C. The number of carbonyl (C=O) groups is 1. The van der Waals surface area contributed by atoms with Gasteiger partial charge in [0.25, 0.3) is 0 Å². The Morgan fingerprint density at radius 3 is 2.63 bits per heavy atom. The monoisotopic (exact) mass is 278 g/mol. The summed E-state index contributed by atoms with van der Waals surface area (Å²) in [6, 6.07) is 6.87. The Kier molecular flexibility index (Phi) is 4.97. The third kappa shape index (κ3) is 4.57. The summed E-state index contributed by atoms with van der Waals surface area (Å²) >= 11 is 5.87. The van der Waals surface area contributed by atoms with Crippen molar-refractivity contribution in [1.29, 1.82) is 5.26 Å². The molecule has 1 unspecified atom stereocenters. The van der Waals surface area contributed by atoms with E-state index in [1.54, 1.807) is 18.2 Å². The van der Waals surface area contributed by atoms with Crippen LogP contribution in [0.4, 0.5) is 5.69 Å². The zero-order valence-corrected chi connectivity index (χ0v) is 12.5. The fourth-order valence-electron chi connectivity index (χ4n) is 1.50. The molecular weight excluding hydrogens is 260 g/mol. The summed E-state index contributed by atoms with van der Waals surface area (Å²) in [7, 11) is 0. The number of amides is 1. The van der Waals surface area contributed by atoms with E-state index in [0.29, 0.717) is 22.7 Å². The molecule has 0 saturated heterocycles. The summed E-state index contributed by atoms with van der Waals surface area (Å²) in [5, 5.41) is 12.2. The number of hydrogen-bond donors (Lipinski definition) is 1. The first kappa shape index (κ1) is 15.5. The van der Waals surface area contributed by atoms with Crippen LogP contribution < -0.4 is 5.32 Å². The van der Waals surface area contributed by atoms with E-state index in [1.165, 1.54) is 0 Å². The molecule has 1 amide bonds. The Balaban J connectivity index is 2.78. The van der Waals surface area contributed by atoms with E-state index in [9.17, 15) is 4.79 Å². The first-order valence-electron chi connectivity index (χ1n) is 6.23. The molecule has 19 heavy (non-hydrogen) atoms. The molecule has 3 nitrogen and oxygen atoms in total. The highest BCUT2D eigenvalue weighted by Crippen LogP contribution is 2.28. The fraction of sp³-hybridized carbons (Fsp3) is 0.467. The second-order valence-corrected chi connectivity index (χ2v) is 6.26. The average Bonchev–Trinajstić information content (AvgIpc) is 2.27. The van der Waals surface area contributed by atoms with Crippen molar-refractivity contribution in [3.63, 3.8) is 0 Å². The molecule has 1 aromatic rings. The third-order valence-corrected chi connectivity index (χ3v) is 3.58. The number of nitriles is 1. The van der Waals surface area contributed by atoms with Gasteiger partial charge in [-0.05, 0) is 29.5 Å². The van der Waals surface area contributed by atoms with Gasteiger partial charge in [0.05, 0.1) is 11.3 Å². The van der Waals surface area contributed by atoms with E-state index in [0.717, 1.165) is 0 Å². The quantitative estimate of drug-likeness (QED) is 0.900. The van der Waals surface area contributed by atoms with E-state index < -0.39 is 0 Å². The lowest BCUT2D eigenvalue weighted by molar-refractivity contribution is -0.117. The highest BCUT2D eigenvalue weighted by atomic mass is 35.5. The van der Waals surface area contributed by atoms with E-state index in [-0.39, 0.29) is 17.2 Å². The van der Waals surface area contributed by atoms with Crippen LogP contribution in [0.15, 0.2) is 18.2 Å². The summed E-state index contributed by atoms with van der Waals surface area (Å²) in [6.07, 6.45) is 0.418. The van der Waals surface area contributed by atoms with E-state index in [2.05, 4.69) is 26.1 Å². The third-order valence-electron chi connectivity index (χ3n) is 3.35. The van der Waals surface area contributed by atoms with Gasteiger partial charge >= 0.3 is 0 Å². The van der Waals surface area contributed by atoms with Crippen molar-refractivity contribution in [1.82, 2.24) is 0 Å². The van der Waals surface area contributed by atoms with Gasteiger partial charge in [0.15, 0.2) is 0 Å². The van der Waals surface area contributed by atoms with Crippen LogP contribution in [0.3, 0.4) is 0 Å². The summed E-state index contributed by atoms with van der Waals surface area (Å²) in [6.45, 7) is 8.35. The van der Waals surface area contributed by atoms with E-state index in [4.69, 9.17) is 16.9 Å². The fourth-order valence-corrected chi connectivity index (χ4v) is 1.68. The Labute approximate surface area is 119 Å². The lowest BCUT2D eigenvalue weighted by atomic mass is 9.80. The predicted molar refractivity (Wildman–Crippen MR) is 78.0 cm³/mol. The number of anilines is 1. The lowest BCUT2D eigenvalue weighted by Crippen LogP contribution is -2.24. The van der Waals surface area contributed by atoms with Crippen LogP contribution in [0.1, 0.15) is 39.7 Å². The van der Waals surface area contributed by atoms with Crippen LogP contribution in [0.25, 0.3) is 0 Å². The molecule has 0 heterocycles. The Bertz CT molecular complexity index is 512. The highest BCUT2D eigenvalue weighted by Gasteiger charge is 2.22. The first-order valence-corrected chi connectivity index (χ1v) is 6.61.